The Labute approximate surface area is 132 Å². The summed E-state index contributed by atoms with van der Waals surface area (Å²) in [5.41, 5.74) is 1.37. The van der Waals surface area contributed by atoms with Gasteiger partial charge in [-0.25, -0.2) is 9.67 Å². The Balaban J connectivity index is 1.62. The van der Waals surface area contributed by atoms with Crippen LogP contribution in [0.1, 0.15) is 36.5 Å². The standard InChI is InChI=1S/C17H25N5/c1-14-19-15(2)22(20-14)13-17-5-3-4-11-21(17)12-8-16-6-9-18-10-7-16/h6-7,9-10,17H,3-5,8,11-13H2,1-2H3/t17-/m0/s1. The van der Waals surface area contributed by atoms with Crippen LogP contribution in [-0.4, -0.2) is 43.8 Å². The van der Waals surface area contributed by atoms with Crippen molar-refractivity contribution >= 4 is 0 Å². The molecule has 5 nitrogen and oxygen atoms in total. The van der Waals surface area contributed by atoms with Gasteiger partial charge in [0.25, 0.3) is 0 Å². The maximum atomic E-state index is 4.53. The summed E-state index contributed by atoms with van der Waals surface area (Å²) in [5, 5.41) is 4.53. The number of hydrogen-bond donors (Lipinski definition) is 0. The molecule has 0 radical (unpaired) electrons. The Hall–Kier alpha value is -1.75. The highest BCUT2D eigenvalue weighted by atomic mass is 15.4. The summed E-state index contributed by atoms with van der Waals surface area (Å²) in [4.78, 5) is 11.1. The number of nitrogens with zero attached hydrogens (tertiary/aromatic N) is 5. The zero-order chi connectivity index (χ0) is 15.4. The number of aromatic nitrogens is 4. The number of aryl methyl sites for hydroxylation is 2. The fourth-order valence-electron chi connectivity index (χ4n) is 3.32. The molecule has 0 spiro atoms. The average Bonchev–Trinajstić information content (AvgIpc) is 2.85. The topological polar surface area (TPSA) is 46.8 Å². The minimum Gasteiger partial charge on any atom is -0.298 e. The molecule has 3 heterocycles. The first-order valence-electron chi connectivity index (χ1n) is 8.23. The molecule has 22 heavy (non-hydrogen) atoms. The van der Waals surface area contributed by atoms with Crippen LogP contribution >= 0.6 is 0 Å². The number of hydrogen-bond acceptors (Lipinski definition) is 4. The van der Waals surface area contributed by atoms with Crippen molar-refractivity contribution in [3.63, 3.8) is 0 Å². The van der Waals surface area contributed by atoms with E-state index in [2.05, 4.69) is 36.8 Å². The average molecular weight is 299 g/mol. The molecule has 0 aliphatic carbocycles. The predicted molar refractivity (Wildman–Crippen MR) is 86.6 cm³/mol. The van der Waals surface area contributed by atoms with Gasteiger partial charge < -0.3 is 0 Å². The van der Waals surface area contributed by atoms with Crippen molar-refractivity contribution in [1.82, 2.24) is 24.6 Å². The zero-order valence-electron chi connectivity index (χ0n) is 13.6. The van der Waals surface area contributed by atoms with E-state index in [1.54, 1.807) is 0 Å². The molecule has 3 rings (SSSR count). The Morgan fingerprint density at radius 3 is 2.73 bits per heavy atom. The molecule has 2 aromatic heterocycles. The monoisotopic (exact) mass is 299 g/mol. The first-order valence-corrected chi connectivity index (χ1v) is 8.23. The van der Waals surface area contributed by atoms with Gasteiger partial charge >= 0.3 is 0 Å². The van der Waals surface area contributed by atoms with Gasteiger partial charge in [0.15, 0.2) is 0 Å². The fourth-order valence-corrected chi connectivity index (χ4v) is 3.32. The number of piperidine rings is 1. The molecule has 0 amide bonds. The first-order chi connectivity index (χ1) is 10.7. The lowest BCUT2D eigenvalue weighted by Gasteiger charge is -2.35. The van der Waals surface area contributed by atoms with Crippen LogP contribution in [0, 0.1) is 13.8 Å². The van der Waals surface area contributed by atoms with Gasteiger partial charge in [-0.05, 0) is 57.4 Å². The van der Waals surface area contributed by atoms with Crippen molar-refractivity contribution in [2.24, 2.45) is 0 Å². The Morgan fingerprint density at radius 1 is 1.18 bits per heavy atom. The molecule has 0 bridgehead atoms. The van der Waals surface area contributed by atoms with Gasteiger partial charge in [0.05, 0.1) is 6.54 Å². The molecule has 0 N–H and O–H groups in total. The highest BCUT2D eigenvalue weighted by Gasteiger charge is 2.23. The molecular formula is C17H25N5. The molecular weight excluding hydrogens is 274 g/mol. The van der Waals surface area contributed by atoms with Gasteiger partial charge in [0.1, 0.15) is 11.6 Å². The highest BCUT2D eigenvalue weighted by molar-refractivity contribution is 5.10. The minimum absolute atomic E-state index is 0.579. The van der Waals surface area contributed by atoms with Crippen LogP contribution in [-0.2, 0) is 13.0 Å². The lowest BCUT2D eigenvalue weighted by molar-refractivity contribution is 0.130. The van der Waals surface area contributed by atoms with Gasteiger partial charge in [0.2, 0.25) is 0 Å². The van der Waals surface area contributed by atoms with E-state index in [4.69, 9.17) is 0 Å². The van der Waals surface area contributed by atoms with E-state index < -0.39 is 0 Å². The van der Waals surface area contributed by atoms with Gasteiger partial charge in [-0.15, -0.1) is 0 Å². The van der Waals surface area contributed by atoms with Crippen molar-refractivity contribution in [3.8, 4) is 0 Å². The maximum Gasteiger partial charge on any atom is 0.147 e. The normalized spacial score (nSPS) is 19.5. The molecule has 0 unspecified atom stereocenters. The van der Waals surface area contributed by atoms with E-state index in [0.717, 1.165) is 31.2 Å². The van der Waals surface area contributed by atoms with Crippen LogP contribution in [0.15, 0.2) is 24.5 Å². The number of likely N-dealkylation sites (tertiary alicyclic amines) is 1. The molecule has 118 valence electrons. The predicted octanol–water partition coefficient (Wildman–Crippen LogP) is 2.39. The second-order valence-corrected chi connectivity index (χ2v) is 6.18. The molecule has 1 aliphatic heterocycles. The van der Waals surface area contributed by atoms with Gasteiger partial charge in [-0.2, -0.15) is 5.10 Å². The van der Waals surface area contributed by atoms with Crippen molar-refractivity contribution in [2.75, 3.05) is 13.1 Å². The van der Waals surface area contributed by atoms with Crippen LogP contribution in [0.3, 0.4) is 0 Å². The summed E-state index contributed by atoms with van der Waals surface area (Å²) in [6.07, 6.45) is 8.74. The summed E-state index contributed by atoms with van der Waals surface area (Å²) < 4.78 is 2.07. The van der Waals surface area contributed by atoms with Crippen LogP contribution in [0.4, 0.5) is 0 Å². The Morgan fingerprint density at radius 2 is 2.00 bits per heavy atom. The summed E-state index contributed by atoms with van der Waals surface area (Å²) in [7, 11) is 0. The SMILES string of the molecule is Cc1nc(C)n(C[C@@H]2CCCCN2CCc2ccncc2)n1. The quantitative estimate of drug-likeness (QED) is 0.850. The Bertz CT molecular complexity index is 592. The van der Waals surface area contributed by atoms with E-state index in [9.17, 15) is 0 Å². The summed E-state index contributed by atoms with van der Waals surface area (Å²) in [5.74, 6) is 1.90. The van der Waals surface area contributed by atoms with Gasteiger partial charge in [0, 0.05) is 25.0 Å². The van der Waals surface area contributed by atoms with Gasteiger partial charge in [-0.1, -0.05) is 6.42 Å². The maximum absolute atomic E-state index is 4.53. The van der Waals surface area contributed by atoms with E-state index in [1.807, 2.05) is 26.2 Å². The van der Waals surface area contributed by atoms with Gasteiger partial charge in [-0.3, -0.25) is 9.88 Å². The fraction of sp³-hybridized carbons (Fsp3) is 0.588. The molecule has 2 aromatic rings. The van der Waals surface area contributed by atoms with Crippen molar-refractivity contribution in [1.29, 1.82) is 0 Å². The zero-order valence-corrected chi connectivity index (χ0v) is 13.6. The van der Waals surface area contributed by atoms with E-state index in [1.165, 1.54) is 31.4 Å². The number of pyridine rings is 1. The largest absolute Gasteiger partial charge is 0.298 e. The van der Waals surface area contributed by atoms with E-state index in [-0.39, 0.29) is 0 Å². The summed E-state index contributed by atoms with van der Waals surface area (Å²) in [6, 6.07) is 4.81. The van der Waals surface area contributed by atoms with Crippen LogP contribution in [0.5, 0.6) is 0 Å². The van der Waals surface area contributed by atoms with E-state index in [0.29, 0.717) is 6.04 Å². The molecule has 0 saturated carbocycles. The third-order valence-electron chi connectivity index (χ3n) is 4.53. The lowest BCUT2D eigenvalue weighted by atomic mass is 10.0. The van der Waals surface area contributed by atoms with E-state index >= 15 is 0 Å². The van der Waals surface area contributed by atoms with Crippen LogP contribution in [0.25, 0.3) is 0 Å². The molecule has 1 saturated heterocycles. The smallest absolute Gasteiger partial charge is 0.147 e. The third-order valence-corrected chi connectivity index (χ3v) is 4.53. The van der Waals surface area contributed by atoms with Crippen molar-refractivity contribution in [2.45, 2.75) is 52.1 Å². The molecule has 5 heteroatoms. The first kappa shape index (κ1) is 15.2. The van der Waals surface area contributed by atoms with Crippen LogP contribution in [0.2, 0.25) is 0 Å². The molecule has 1 aliphatic rings. The summed E-state index contributed by atoms with van der Waals surface area (Å²) in [6.45, 7) is 7.28. The second-order valence-electron chi connectivity index (χ2n) is 6.18. The lowest BCUT2D eigenvalue weighted by Crippen LogP contribution is -2.43. The van der Waals surface area contributed by atoms with Crippen molar-refractivity contribution in [3.05, 3.63) is 41.7 Å². The number of rotatable bonds is 5. The van der Waals surface area contributed by atoms with Crippen LogP contribution < -0.4 is 0 Å². The molecule has 0 aromatic carbocycles. The third kappa shape index (κ3) is 3.71. The summed E-state index contributed by atoms with van der Waals surface area (Å²) >= 11 is 0. The van der Waals surface area contributed by atoms with Crippen molar-refractivity contribution < 1.29 is 0 Å². The highest BCUT2D eigenvalue weighted by Crippen LogP contribution is 2.19. The minimum atomic E-state index is 0.579. The molecule has 1 fully saturated rings. The Kier molecular flexibility index (Phi) is 4.83. The molecule has 1 atom stereocenters. The second kappa shape index (κ2) is 7.01.